The van der Waals surface area contributed by atoms with Crippen LogP contribution in [0.2, 0.25) is 0 Å². The van der Waals surface area contributed by atoms with Crippen LogP contribution in [-0.4, -0.2) is 69.5 Å². The molecule has 0 saturated heterocycles. The van der Waals surface area contributed by atoms with Gasteiger partial charge in [-0.05, 0) is 31.4 Å². The van der Waals surface area contributed by atoms with Crippen LogP contribution in [0.3, 0.4) is 0 Å². The molecule has 5 rings (SSSR count). The van der Waals surface area contributed by atoms with Crippen LogP contribution in [-0.2, 0) is 25.0 Å². The highest BCUT2D eigenvalue weighted by Crippen LogP contribution is 2.56. The normalized spacial score (nSPS) is 20.1. The Labute approximate surface area is 239 Å². The zero-order chi connectivity index (χ0) is 29.5. The summed E-state index contributed by atoms with van der Waals surface area (Å²) in [4.78, 5) is 23.9. The molecule has 12 heteroatoms. The number of carbonyl (C=O) groups excluding carboxylic acids is 1. The van der Waals surface area contributed by atoms with Gasteiger partial charge in [-0.2, -0.15) is 0 Å². The standard InChI is InChI=1S/C29H36FN5O5S/c1-6-8-39-19-13-29(14-19)26-21-11-20(22(30)12-23(21)32-16-25(26)35(4)28(29)36)18-10-24(34-41(5,37)38)27(33-15-18)40-9-7-31-17(2)3/h10-12,15-17,19,31,34H,6-9,13-14H2,1-5H3. The minimum atomic E-state index is -3.68. The molecule has 0 unspecified atom stereocenters. The SMILES string of the molecule is CCCOC1CC2(C1)C(=O)N(C)c1cnc3cc(F)c(-c4cnc(OCCNC(C)C)c(NS(C)(=O)=O)c4)cc3c12. The van der Waals surface area contributed by atoms with Crippen molar-refractivity contribution in [3.05, 3.63) is 42.0 Å². The summed E-state index contributed by atoms with van der Waals surface area (Å²) >= 11 is 0. The van der Waals surface area contributed by atoms with Gasteiger partial charge in [-0.15, -0.1) is 0 Å². The third kappa shape index (κ3) is 5.60. The average molecular weight is 586 g/mol. The van der Waals surface area contributed by atoms with E-state index in [1.165, 1.54) is 18.3 Å². The average Bonchev–Trinajstić information content (AvgIpc) is 3.11. The van der Waals surface area contributed by atoms with Crippen LogP contribution in [0.5, 0.6) is 5.88 Å². The van der Waals surface area contributed by atoms with E-state index < -0.39 is 21.3 Å². The first-order valence-corrected chi connectivity index (χ1v) is 15.7. The summed E-state index contributed by atoms with van der Waals surface area (Å²) in [6.45, 7) is 7.49. The smallest absolute Gasteiger partial charge is 0.238 e. The number of benzene rings is 1. The first-order valence-electron chi connectivity index (χ1n) is 13.8. The monoisotopic (exact) mass is 585 g/mol. The topological polar surface area (TPSA) is 123 Å². The van der Waals surface area contributed by atoms with Crippen LogP contribution in [0, 0.1) is 5.82 Å². The zero-order valence-corrected chi connectivity index (χ0v) is 24.8. The molecule has 220 valence electrons. The van der Waals surface area contributed by atoms with Gasteiger partial charge in [0.2, 0.25) is 21.8 Å². The van der Waals surface area contributed by atoms with Crippen LogP contribution >= 0.6 is 0 Å². The molecule has 1 fully saturated rings. The summed E-state index contributed by atoms with van der Waals surface area (Å²) < 4.78 is 53.9. The van der Waals surface area contributed by atoms with Gasteiger partial charge in [-0.25, -0.2) is 17.8 Å². The molecule has 0 bridgehead atoms. The van der Waals surface area contributed by atoms with Crippen LogP contribution < -0.4 is 19.7 Å². The summed E-state index contributed by atoms with van der Waals surface area (Å²) in [5.41, 5.74) is 1.88. The number of anilines is 2. The predicted octanol–water partition coefficient (Wildman–Crippen LogP) is 3.99. The second-order valence-electron chi connectivity index (χ2n) is 11.1. The van der Waals surface area contributed by atoms with Crippen molar-refractivity contribution in [1.82, 2.24) is 15.3 Å². The predicted molar refractivity (Wildman–Crippen MR) is 156 cm³/mol. The number of hydrogen-bond donors (Lipinski definition) is 2. The molecule has 2 aliphatic rings. The molecule has 1 amide bonds. The Morgan fingerprint density at radius 2 is 1.93 bits per heavy atom. The fourth-order valence-corrected chi connectivity index (χ4v) is 6.25. The highest BCUT2D eigenvalue weighted by molar-refractivity contribution is 7.92. The molecule has 2 aromatic heterocycles. The molecular weight excluding hydrogens is 549 g/mol. The third-order valence-electron chi connectivity index (χ3n) is 7.55. The molecular formula is C29H36FN5O5S. The van der Waals surface area contributed by atoms with Crippen LogP contribution in [0.1, 0.15) is 45.6 Å². The van der Waals surface area contributed by atoms with Gasteiger partial charge < -0.3 is 19.7 Å². The molecule has 0 atom stereocenters. The summed E-state index contributed by atoms with van der Waals surface area (Å²) in [7, 11) is -1.94. The van der Waals surface area contributed by atoms with Crippen molar-refractivity contribution in [2.24, 2.45) is 0 Å². The van der Waals surface area contributed by atoms with Gasteiger partial charge >= 0.3 is 0 Å². The van der Waals surface area contributed by atoms with Crippen molar-refractivity contribution in [3.63, 3.8) is 0 Å². The molecule has 3 heterocycles. The second kappa shape index (κ2) is 11.1. The molecule has 1 spiro atoms. The van der Waals surface area contributed by atoms with Gasteiger partial charge in [0.15, 0.2) is 0 Å². The van der Waals surface area contributed by atoms with Gasteiger partial charge in [0, 0.05) is 60.6 Å². The first-order chi connectivity index (χ1) is 19.4. The van der Waals surface area contributed by atoms with Crippen molar-refractivity contribution in [1.29, 1.82) is 0 Å². The lowest BCUT2D eigenvalue weighted by Gasteiger charge is -2.43. The van der Waals surface area contributed by atoms with E-state index in [2.05, 4.69) is 20.0 Å². The number of likely N-dealkylation sites (N-methyl/N-ethyl adjacent to an activating group) is 1. The van der Waals surface area contributed by atoms with E-state index in [-0.39, 0.29) is 41.8 Å². The first kappa shape index (κ1) is 29.2. The van der Waals surface area contributed by atoms with Gasteiger partial charge in [0.25, 0.3) is 0 Å². The molecule has 1 aliphatic carbocycles. The Morgan fingerprint density at radius 1 is 1.17 bits per heavy atom. The van der Waals surface area contributed by atoms with Crippen molar-refractivity contribution in [2.45, 2.75) is 57.6 Å². The fourth-order valence-electron chi connectivity index (χ4n) is 5.70. The minimum absolute atomic E-state index is 0.0150. The van der Waals surface area contributed by atoms with Gasteiger partial charge in [-0.3, -0.25) is 14.5 Å². The lowest BCUT2D eigenvalue weighted by molar-refractivity contribution is -0.133. The van der Waals surface area contributed by atoms with Crippen LogP contribution in [0.15, 0.2) is 30.6 Å². The largest absolute Gasteiger partial charge is 0.475 e. The minimum Gasteiger partial charge on any atom is -0.475 e. The molecule has 41 heavy (non-hydrogen) atoms. The van der Waals surface area contributed by atoms with E-state index in [4.69, 9.17) is 9.47 Å². The molecule has 1 aliphatic heterocycles. The number of amides is 1. The molecule has 3 aromatic rings. The summed E-state index contributed by atoms with van der Waals surface area (Å²) in [5, 5.41) is 3.89. The van der Waals surface area contributed by atoms with Crippen molar-refractivity contribution >= 4 is 38.2 Å². The fraction of sp³-hybridized carbons (Fsp3) is 0.483. The quantitative estimate of drug-likeness (QED) is 0.324. The van der Waals surface area contributed by atoms with E-state index >= 15 is 4.39 Å². The lowest BCUT2D eigenvalue weighted by Crippen LogP contribution is -2.52. The Hall–Kier alpha value is -3.35. The maximum atomic E-state index is 15.6. The van der Waals surface area contributed by atoms with Crippen LogP contribution in [0.4, 0.5) is 15.8 Å². The Bertz CT molecular complexity index is 1590. The second-order valence-corrected chi connectivity index (χ2v) is 12.9. The number of pyridine rings is 2. The Balaban J connectivity index is 1.56. The van der Waals surface area contributed by atoms with E-state index in [0.29, 0.717) is 48.1 Å². The summed E-state index contributed by atoms with van der Waals surface area (Å²) in [6.07, 6.45) is 6.08. The molecule has 2 N–H and O–H groups in total. The van der Waals surface area contributed by atoms with E-state index in [9.17, 15) is 13.2 Å². The van der Waals surface area contributed by atoms with E-state index in [1.54, 1.807) is 24.2 Å². The maximum absolute atomic E-state index is 15.6. The number of sulfonamides is 1. The van der Waals surface area contributed by atoms with E-state index in [0.717, 1.165) is 18.2 Å². The van der Waals surface area contributed by atoms with Crippen molar-refractivity contribution in [3.8, 4) is 17.0 Å². The van der Waals surface area contributed by atoms with Gasteiger partial charge in [-0.1, -0.05) is 20.8 Å². The Morgan fingerprint density at radius 3 is 2.61 bits per heavy atom. The maximum Gasteiger partial charge on any atom is 0.238 e. The summed E-state index contributed by atoms with van der Waals surface area (Å²) in [6, 6.07) is 4.79. The molecule has 10 nitrogen and oxygen atoms in total. The highest BCUT2D eigenvalue weighted by atomic mass is 32.2. The number of carbonyl (C=O) groups is 1. The van der Waals surface area contributed by atoms with Crippen LogP contribution in [0.25, 0.3) is 22.0 Å². The zero-order valence-electron chi connectivity index (χ0n) is 24.0. The number of fused-ring (bicyclic) bond motifs is 4. The van der Waals surface area contributed by atoms with E-state index in [1.807, 2.05) is 20.8 Å². The number of halogens is 1. The van der Waals surface area contributed by atoms with Gasteiger partial charge in [0.1, 0.15) is 18.1 Å². The van der Waals surface area contributed by atoms with Crippen molar-refractivity contribution < 1.29 is 27.1 Å². The Kier molecular flexibility index (Phi) is 7.92. The number of aromatic nitrogens is 2. The number of nitrogens with zero attached hydrogens (tertiary/aromatic N) is 3. The molecule has 1 saturated carbocycles. The molecule has 1 aromatic carbocycles. The number of ether oxygens (including phenoxy) is 2. The number of nitrogens with one attached hydrogen (secondary N) is 2. The van der Waals surface area contributed by atoms with Gasteiger partial charge in [0.05, 0.1) is 35.2 Å². The lowest BCUT2D eigenvalue weighted by atomic mass is 9.62. The van der Waals surface area contributed by atoms with Crippen molar-refractivity contribution in [2.75, 3.05) is 42.7 Å². The number of rotatable bonds is 11. The number of hydrogen-bond acceptors (Lipinski definition) is 8. The molecule has 0 radical (unpaired) electrons. The highest BCUT2D eigenvalue weighted by Gasteiger charge is 2.59. The summed E-state index contributed by atoms with van der Waals surface area (Å²) in [5.74, 6) is -0.470. The third-order valence-corrected chi connectivity index (χ3v) is 8.14.